The predicted octanol–water partition coefficient (Wildman–Crippen LogP) is 3.32. The van der Waals surface area contributed by atoms with Gasteiger partial charge in [0.15, 0.2) is 5.82 Å². The Bertz CT molecular complexity index is 544. The normalized spacial score (nSPS) is 10.6. The van der Waals surface area contributed by atoms with Gasteiger partial charge in [0.2, 0.25) is 0 Å². The van der Waals surface area contributed by atoms with Gasteiger partial charge in [-0.3, -0.25) is 0 Å². The molecule has 4 heteroatoms. The Morgan fingerprint density at radius 3 is 2.41 bits per heavy atom. The van der Waals surface area contributed by atoms with Crippen molar-refractivity contribution in [3.05, 3.63) is 40.0 Å². The van der Waals surface area contributed by atoms with E-state index in [-0.39, 0.29) is 0 Å². The zero-order valence-electron chi connectivity index (χ0n) is 10.5. The van der Waals surface area contributed by atoms with Crippen LogP contribution >= 0.6 is 15.9 Å². The smallest absolute Gasteiger partial charge is 0.150 e. The second kappa shape index (κ2) is 4.53. The Morgan fingerprint density at radius 1 is 1.18 bits per heavy atom. The van der Waals surface area contributed by atoms with Gasteiger partial charge in [0.25, 0.3) is 0 Å². The van der Waals surface area contributed by atoms with Gasteiger partial charge in [0, 0.05) is 30.3 Å². The lowest BCUT2D eigenvalue weighted by molar-refractivity contribution is 0.836. The highest BCUT2D eigenvalue weighted by atomic mass is 79.9. The van der Waals surface area contributed by atoms with Crippen molar-refractivity contribution in [2.24, 2.45) is 0 Å². The zero-order valence-corrected chi connectivity index (χ0v) is 12.1. The molecule has 0 radical (unpaired) electrons. The summed E-state index contributed by atoms with van der Waals surface area (Å²) in [5, 5.41) is 4.58. The van der Waals surface area contributed by atoms with E-state index in [9.17, 15) is 0 Å². The number of hydrogen-bond donors (Lipinski definition) is 0. The highest BCUT2D eigenvalue weighted by Gasteiger charge is 2.08. The van der Waals surface area contributed by atoms with Crippen LogP contribution in [0.15, 0.2) is 28.7 Å². The van der Waals surface area contributed by atoms with Crippen molar-refractivity contribution in [3.8, 4) is 5.69 Å². The number of aryl methyl sites for hydroxylation is 2. The number of nitrogens with zero attached hydrogens (tertiary/aromatic N) is 3. The minimum absolute atomic E-state index is 0.975. The second-order valence-corrected chi connectivity index (χ2v) is 5.24. The number of rotatable bonds is 2. The summed E-state index contributed by atoms with van der Waals surface area (Å²) in [7, 11) is 4.00. The fourth-order valence-electron chi connectivity index (χ4n) is 1.70. The zero-order chi connectivity index (χ0) is 12.6. The Labute approximate surface area is 110 Å². The van der Waals surface area contributed by atoms with E-state index in [1.54, 1.807) is 0 Å². The van der Waals surface area contributed by atoms with Crippen molar-refractivity contribution < 1.29 is 0 Å². The van der Waals surface area contributed by atoms with Gasteiger partial charge in [-0.25, -0.2) is 4.68 Å². The molecular weight excluding hydrogens is 278 g/mol. The third kappa shape index (κ3) is 2.36. The molecule has 1 heterocycles. The Morgan fingerprint density at radius 2 is 1.88 bits per heavy atom. The first kappa shape index (κ1) is 12.2. The van der Waals surface area contributed by atoms with Gasteiger partial charge < -0.3 is 4.90 Å². The molecule has 0 aliphatic heterocycles. The number of anilines is 1. The number of hydrogen-bond acceptors (Lipinski definition) is 2. The van der Waals surface area contributed by atoms with E-state index in [0.717, 1.165) is 21.7 Å². The molecule has 0 N–H and O–H groups in total. The molecule has 17 heavy (non-hydrogen) atoms. The molecule has 0 spiro atoms. The predicted molar refractivity (Wildman–Crippen MR) is 75.1 cm³/mol. The van der Waals surface area contributed by atoms with Crippen molar-refractivity contribution in [2.45, 2.75) is 13.8 Å². The molecule has 0 unspecified atom stereocenters. The van der Waals surface area contributed by atoms with Crippen LogP contribution in [0.1, 0.15) is 11.3 Å². The first-order chi connectivity index (χ1) is 7.99. The molecule has 0 atom stereocenters. The van der Waals surface area contributed by atoms with Gasteiger partial charge in [0.05, 0.1) is 5.69 Å². The summed E-state index contributed by atoms with van der Waals surface area (Å²) in [6, 6.07) is 8.33. The van der Waals surface area contributed by atoms with Crippen LogP contribution in [0.2, 0.25) is 0 Å². The van der Waals surface area contributed by atoms with E-state index in [2.05, 4.69) is 59.1 Å². The van der Waals surface area contributed by atoms with Gasteiger partial charge in [-0.2, -0.15) is 5.10 Å². The standard InChI is InChI=1S/C13H16BrN3/c1-9-7-11(5-6-12(9)14)17-10(2)8-13(15-17)16(3)4/h5-8H,1-4H3. The van der Waals surface area contributed by atoms with Crippen LogP contribution in [0, 0.1) is 13.8 Å². The SMILES string of the molecule is Cc1cc(-n2nc(N(C)C)cc2C)ccc1Br. The summed E-state index contributed by atoms with van der Waals surface area (Å²) >= 11 is 3.51. The van der Waals surface area contributed by atoms with Gasteiger partial charge in [-0.1, -0.05) is 15.9 Å². The largest absolute Gasteiger partial charge is 0.361 e. The average Bonchev–Trinajstić information content (AvgIpc) is 2.65. The summed E-state index contributed by atoms with van der Waals surface area (Å²) in [6.45, 7) is 4.15. The maximum absolute atomic E-state index is 4.58. The van der Waals surface area contributed by atoms with E-state index < -0.39 is 0 Å². The summed E-state index contributed by atoms with van der Waals surface area (Å²) < 4.78 is 3.09. The molecule has 0 amide bonds. The lowest BCUT2D eigenvalue weighted by atomic mass is 10.2. The highest BCUT2D eigenvalue weighted by molar-refractivity contribution is 9.10. The van der Waals surface area contributed by atoms with Crippen molar-refractivity contribution in [3.63, 3.8) is 0 Å². The van der Waals surface area contributed by atoms with E-state index >= 15 is 0 Å². The number of benzene rings is 1. The number of halogens is 1. The van der Waals surface area contributed by atoms with Crippen molar-refractivity contribution in [1.82, 2.24) is 9.78 Å². The molecule has 0 aliphatic rings. The highest BCUT2D eigenvalue weighted by Crippen LogP contribution is 2.22. The van der Waals surface area contributed by atoms with Gasteiger partial charge in [-0.05, 0) is 37.6 Å². The van der Waals surface area contributed by atoms with Crippen LogP contribution < -0.4 is 4.90 Å². The molecular formula is C13H16BrN3. The minimum Gasteiger partial charge on any atom is -0.361 e. The Balaban J connectivity index is 2.49. The molecule has 0 bridgehead atoms. The first-order valence-electron chi connectivity index (χ1n) is 5.49. The van der Waals surface area contributed by atoms with Crippen molar-refractivity contribution in [2.75, 3.05) is 19.0 Å². The number of aromatic nitrogens is 2. The lowest BCUT2D eigenvalue weighted by Gasteiger charge is -2.08. The van der Waals surface area contributed by atoms with Crippen molar-refractivity contribution >= 4 is 21.7 Å². The third-order valence-electron chi connectivity index (χ3n) is 2.72. The molecule has 2 aromatic rings. The molecule has 2 rings (SSSR count). The van der Waals surface area contributed by atoms with Crippen LogP contribution in [0.3, 0.4) is 0 Å². The summed E-state index contributed by atoms with van der Waals surface area (Å²) in [4.78, 5) is 2.01. The maximum Gasteiger partial charge on any atom is 0.150 e. The molecule has 3 nitrogen and oxygen atoms in total. The Kier molecular flexibility index (Phi) is 3.24. The molecule has 1 aromatic carbocycles. The van der Waals surface area contributed by atoms with Crippen LogP contribution in [0.4, 0.5) is 5.82 Å². The quantitative estimate of drug-likeness (QED) is 0.847. The summed E-state index contributed by atoms with van der Waals surface area (Å²) in [6.07, 6.45) is 0. The topological polar surface area (TPSA) is 21.1 Å². The first-order valence-corrected chi connectivity index (χ1v) is 6.29. The van der Waals surface area contributed by atoms with E-state index in [1.807, 2.05) is 23.7 Å². The van der Waals surface area contributed by atoms with Gasteiger partial charge in [-0.15, -0.1) is 0 Å². The molecule has 0 saturated carbocycles. The molecule has 90 valence electrons. The van der Waals surface area contributed by atoms with Crippen LogP contribution in [-0.4, -0.2) is 23.9 Å². The van der Waals surface area contributed by atoms with Crippen LogP contribution in [0.5, 0.6) is 0 Å². The van der Waals surface area contributed by atoms with E-state index in [1.165, 1.54) is 5.56 Å². The van der Waals surface area contributed by atoms with E-state index in [4.69, 9.17) is 0 Å². The fourth-order valence-corrected chi connectivity index (χ4v) is 1.95. The van der Waals surface area contributed by atoms with Gasteiger partial charge >= 0.3 is 0 Å². The molecule has 0 saturated heterocycles. The second-order valence-electron chi connectivity index (χ2n) is 4.38. The Hall–Kier alpha value is -1.29. The lowest BCUT2D eigenvalue weighted by Crippen LogP contribution is -2.09. The molecule has 0 aliphatic carbocycles. The van der Waals surface area contributed by atoms with E-state index in [0.29, 0.717) is 0 Å². The monoisotopic (exact) mass is 293 g/mol. The maximum atomic E-state index is 4.58. The van der Waals surface area contributed by atoms with Gasteiger partial charge in [0.1, 0.15) is 0 Å². The van der Waals surface area contributed by atoms with Crippen molar-refractivity contribution in [1.29, 1.82) is 0 Å². The minimum atomic E-state index is 0.975. The average molecular weight is 294 g/mol. The van der Waals surface area contributed by atoms with Crippen LogP contribution in [0.25, 0.3) is 5.69 Å². The summed E-state index contributed by atoms with van der Waals surface area (Å²) in [5.74, 6) is 0.975. The summed E-state index contributed by atoms with van der Waals surface area (Å²) in [5.41, 5.74) is 3.44. The van der Waals surface area contributed by atoms with Crippen LogP contribution in [-0.2, 0) is 0 Å². The fraction of sp³-hybridized carbons (Fsp3) is 0.308. The third-order valence-corrected chi connectivity index (χ3v) is 3.61. The molecule has 1 aromatic heterocycles. The molecule has 0 fully saturated rings.